The average Bonchev–Trinajstić information content (AvgIpc) is 2.60. The minimum Gasteiger partial charge on any atom is -0.381 e. The first kappa shape index (κ1) is 16.9. The summed E-state index contributed by atoms with van der Waals surface area (Å²) in [4.78, 5) is 1.96. The maximum atomic E-state index is 13.6. The number of allylic oxidation sites excluding steroid dienone is 4. The number of hydrogen-bond acceptors (Lipinski definition) is 1. The molecule has 1 rings (SSSR count). The molecule has 0 saturated carbocycles. The number of rotatable bonds is 7. The van der Waals surface area contributed by atoms with Gasteiger partial charge in [0.2, 0.25) is 0 Å². The Balaban J connectivity index is 2.99. The molecule has 0 saturated heterocycles. The van der Waals surface area contributed by atoms with Crippen LogP contribution >= 0.6 is 0 Å². The van der Waals surface area contributed by atoms with E-state index in [1.54, 1.807) is 0 Å². The second-order valence-corrected chi connectivity index (χ2v) is 6.33. The maximum absolute atomic E-state index is 13.6. The van der Waals surface area contributed by atoms with Crippen LogP contribution in [-0.4, -0.2) is 25.2 Å². The Morgan fingerprint density at radius 3 is 2.50 bits per heavy atom. The Morgan fingerprint density at radius 2 is 2.10 bits per heavy atom. The molecule has 0 heterocycles. The number of hydrogen-bond donors (Lipinski definition) is 0. The first-order valence-electron chi connectivity index (χ1n) is 7.26. The largest absolute Gasteiger partial charge is 0.381 e. The van der Waals surface area contributed by atoms with Gasteiger partial charge in [0.15, 0.2) is 6.17 Å². The van der Waals surface area contributed by atoms with Crippen LogP contribution in [0.2, 0.25) is 0 Å². The van der Waals surface area contributed by atoms with E-state index >= 15 is 0 Å². The average molecular weight is 283 g/mol. The van der Waals surface area contributed by atoms with Crippen molar-refractivity contribution in [2.75, 3.05) is 14.1 Å². The standard InChI is InChI=1S/C17H27F2N/c1-7-8-12(2)14(9-13(3)20(5)6)17(4)10-15(18)16(19)11-17/h10,14,16H,2-3,7-9,11H2,1,4-6H3. The van der Waals surface area contributed by atoms with E-state index in [0.29, 0.717) is 6.42 Å². The third-order valence-electron chi connectivity index (χ3n) is 4.32. The van der Waals surface area contributed by atoms with Crippen LogP contribution < -0.4 is 0 Å². The zero-order valence-electron chi connectivity index (χ0n) is 13.2. The fraction of sp³-hybridized carbons (Fsp3) is 0.647. The molecule has 1 nitrogen and oxygen atoms in total. The molecule has 0 aromatic carbocycles. The molecule has 3 atom stereocenters. The predicted molar refractivity (Wildman–Crippen MR) is 81.8 cm³/mol. The van der Waals surface area contributed by atoms with Crippen LogP contribution in [0.3, 0.4) is 0 Å². The van der Waals surface area contributed by atoms with E-state index in [-0.39, 0.29) is 12.3 Å². The maximum Gasteiger partial charge on any atom is 0.152 e. The number of halogens is 2. The zero-order chi connectivity index (χ0) is 15.5. The summed E-state index contributed by atoms with van der Waals surface area (Å²) in [7, 11) is 3.88. The third kappa shape index (κ3) is 3.71. The number of alkyl halides is 1. The highest BCUT2D eigenvalue weighted by molar-refractivity contribution is 5.24. The molecule has 0 radical (unpaired) electrons. The summed E-state index contributed by atoms with van der Waals surface area (Å²) in [5.41, 5.74) is 1.52. The Morgan fingerprint density at radius 1 is 1.50 bits per heavy atom. The van der Waals surface area contributed by atoms with Crippen molar-refractivity contribution < 1.29 is 8.78 Å². The second-order valence-electron chi connectivity index (χ2n) is 6.33. The van der Waals surface area contributed by atoms with Crippen LogP contribution in [0, 0.1) is 11.3 Å². The molecule has 0 aromatic heterocycles. The van der Waals surface area contributed by atoms with Gasteiger partial charge in [0, 0.05) is 19.8 Å². The van der Waals surface area contributed by atoms with E-state index in [1.165, 1.54) is 6.08 Å². The molecule has 0 aliphatic heterocycles. The van der Waals surface area contributed by atoms with Gasteiger partial charge in [-0.1, -0.05) is 39.0 Å². The van der Waals surface area contributed by atoms with Crippen LogP contribution in [0.4, 0.5) is 8.78 Å². The molecule has 20 heavy (non-hydrogen) atoms. The molecule has 0 amide bonds. The van der Waals surface area contributed by atoms with Gasteiger partial charge in [0.05, 0.1) is 0 Å². The molecule has 3 unspecified atom stereocenters. The van der Waals surface area contributed by atoms with Crippen molar-refractivity contribution in [2.45, 2.75) is 45.7 Å². The van der Waals surface area contributed by atoms with E-state index in [0.717, 1.165) is 24.1 Å². The van der Waals surface area contributed by atoms with Crippen LogP contribution in [-0.2, 0) is 0 Å². The lowest BCUT2D eigenvalue weighted by atomic mass is 9.70. The van der Waals surface area contributed by atoms with Gasteiger partial charge in [-0.25, -0.2) is 8.78 Å². The number of nitrogens with zero attached hydrogens (tertiary/aromatic N) is 1. The van der Waals surface area contributed by atoms with Gasteiger partial charge in [-0.2, -0.15) is 0 Å². The van der Waals surface area contributed by atoms with E-state index in [9.17, 15) is 8.78 Å². The van der Waals surface area contributed by atoms with Crippen molar-refractivity contribution in [1.82, 2.24) is 4.90 Å². The highest BCUT2D eigenvalue weighted by Gasteiger charge is 2.42. The zero-order valence-corrected chi connectivity index (χ0v) is 13.2. The molecule has 3 heteroatoms. The summed E-state index contributed by atoms with van der Waals surface area (Å²) < 4.78 is 27.2. The van der Waals surface area contributed by atoms with Crippen molar-refractivity contribution in [3.05, 3.63) is 36.3 Å². The third-order valence-corrected chi connectivity index (χ3v) is 4.32. The SMILES string of the molecule is C=C(CCC)C(CC(=C)N(C)C)C1(C)C=C(F)C(F)C1. The minimum atomic E-state index is -1.47. The molecular weight excluding hydrogens is 256 g/mol. The van der Waals surface area contributed by atoms with Gasteiger partial charge < -0.3 is 4.90 Å². The quantitative estimate of drug-likeness (QED) is 0.593. The summed E-state index contributed by atoms with van der Waals surface area (Å²) in [6, 6.07) is 0. The van der Waals surface area contributed by atoms with Crippen molar-refractivity contribution in [3.8, 4) is 0 Å². The van der Waals surface area contributed by atoms with Gasteiger partial charge in [-0.15, -0.1) is 0 Å². The summed E-state index contributed by atoms with van der Waals surface area (Å²) in [6.07, 6.45) is 2.76. The van der Waals surface area contributed by atoms with Gasteiger partial charge in [-0.3, -0.25) is 0 Å². The summed E-state index contributed by atoms with van der Waals surface area (Å²) >= 11 is 0. The van der Waals surface area contributed by atoms with Crippen molar-refractivity contribution >= 4 is 0 Å². The molecule has 1 aliphatic rings. The van der Waals surface area contributed by atoms with Gasteiger partial charge in [-0.05, 0) is 36.7 Å². The molecule has 0 bridgehead atoms. The fourth-order valence-corrected chi connectivity index (χ4v) is 2.95. The lowest BCUT2D eigenvalue weighted by Gasteiger charge is -2.36. The lowest BCUT2D eigenvalue weighted by Crippen LogP contribution is -2.28. The summed E-state index contributed by atoms with van der Waals surface area (Å²) in [5, 5.41) is 0. The van der Waals surface area contributed by atoms with Crippen LogP contribution in [0.1, 0.15) is 39.5 Å². The Kier molecular flexibility index (Phi) is 5.55. The Bertz CT molecular complexity index is 411. The summed E-state index contributed by atoms with van der Waals surface area (Å²) in [6.45, 7) is 12.2. The second kappa shape index (κ2) is 6.55. The van der Waals surface area contributed by atoms with E-state index in [1.807, 2.05) is 25.9 Å². The molecule has 0 aromatic rings. The highest BCUT2D eigenvalue weighted by atomic mass is 19.2. The first-order chi connectivity index (χ1) is 9.21. The first-order valence-corrected chi connectivity index (χ1v) is 7.26. The van der Waals surface area contributed by atoms with Crippen molar-refractivity contribution in [1.29, 1.82) is 0 Å². The minimum absolute atomic E-state index is 0.0313. The van der Waals surface area contributed by atoms with E-state index in [2.05, 4.69) is 20.1 Å². The molecule has 0 spiro atoms. The van der Waals surface area contributed by atoms with Gasteiger partial charge in [0.1, 0.15) is 5.83 Å². The molecular formula is C17H27F2N. The van der Waals surface area contributed by atoms with Crippen LogP contribution in [0.15, 0.2) is 36.3 Å². The summed E-state index contributed by atoms with van der Waals surface area (Å²) in [5.74, 6) is -0.596. The molecule has 0 N–H and O–H groups in total. The van der Waals surface area contributed by atoms with E-state index < -0.39 is 17.4 Å². The Labute approximate surface area is 122 Å². The topological polar surface area (TPSA) is 3.24 Å². The highest BCUT2D eigenvalue weighted by Crippen LogP contribution is 2.49. The lowest BCUT2D eigenvalue weighted by molar-refractivity contribution is 0.214. The monoisotopic (exact) mass is 283 g/mol. The molecule has 0 fully saturated rings. The van der Waals surface area contributed by atoms with Crippen LogP contribution in [0.25, 0.3) is 0 Å². The van der Waals surface area contributed by atoms with Gasteiger partial charge >= 0.3 is 0 Å². The normalized spacial score (nSPS) is 27.1. The molecule has 114 valence electrons. The van der Waals surface area contributed by atoms with Crippen molar-refractivity contribution in [2.24, 2.45) is 11.3 Å². The van der Waals surface area contributed by atoms with Crippen molar-refractivity contribution in [3.63, 3.8) is 0 Å². The smallest absolute Gasteiger partial charge is 0.152 e. The van der Waals surface area contributed by atoms with Gasteiger partial charge in [0.25, 0.3) is 0 Å². The predicted octanol–water partition coefficient (Wildman–Crippen LogP) is 5.03. The molecule has 1 aliphatic carbocycles. The van der Waals surface area contributed by atoms with E-state index in [4.69, 9.17) is 0 Å². The Hall–Kier alpha value is -1.12. The van der Waals surface area contributed by atoms with Crippen LogP contribution in [0.5, 0.6) is 0 Å². The fourth-order valence-electron chi connectivity index (χ4n) is 2.95.